The Labute approximate surface area is 141 Å². The van der Waals surface area contributed by atoms with Gasteiger partial charge in [-0.1, -0.05) is 60.4 Å². The maximum absolute atomic E-state index is 8.52. The van der Waals surface area contributed by atoms with E-state index in [1.54, 1.807) is 0 Å². The van der Waals surface area contributed by atoms with Crippen molar-refractivity contribution in [1.29, 1.82) is 0 Å². The molecule has 2 aromatic rings. The first-order valence-corrected chi connectivity index (χ1v) is 6.21. The summed E-state index contributed by atoms with van der Waals surface area (Å²) in [5.74, 6) is 0. The van der Waals surface area contributed by atoms with Crippen LogP contribution >= 0.6 is 0 Å². The fourth-order valence-electron chi connectivity index (χ4n) is 1.86. The van der Waals surface area contributed by atoms with Crippen LogP contribution in [0.5, 0.6) is 0 Å². The van der Waals surface area contributed by atoms with Crippen LogP contribution in [0.25, 0.3) is 0 Å². The van der Waals surface area contributed by atoms with E-state index in [4.69, 9.17) is 19.2 Å². The summed E-state index contributed by atoms with van der Waals surface area (Å²) in [4.78, 5) is 2.46. The van der Waals surface area contributed by atoms with Crippen LogP contribution in [-0.2, 0) is 13.0 Å². The van der Waals surface area contributed by atoms with Crippen molar-refractivity contribution in [2.75, 3.05) is 26.2 Å². The van der Waals surface area contributed by atoms with Gasteiger partial charge in [-0.25, -0.2) is 0 Å². The van der Waals surface area contributed by atoms with Crippen molar-refractivity contribution in [3.63, 3.8) is 0 Å². The Balaban J connectivity index is 1.92. The van der Waals surface area contributed by atoms with Gasteiger partial charge in [0.2, 0.25) is 0 Å². The van der Waals surface area contributed by atoms with Crippen LogP contribution in [-0.4, -0.2) is 36.0 Å². The lowest BCUT2D eigenvalue weighted by atomic mass is 10.1. The third kappa shape index (κ3) is 3.69. The molecule has 2 heteroatoms. The van der Waals surface area contributed by atoms with Gasteiger partial charge in [-0.3, -0.25) is 9.80 Å². The maximum Gasteiger partial charge on any atom is 0.0626 e. The molecule has 0 spiro atoms. The zero-order valence-electron chi connectivity index (χ0n) is 24.7. The third-order valence-corrected chi connectivity index (χ3v) is 2.82. The molecule has 1 saturated heterocycles. The summed E-state index contributed by atoms with van der Waals surface area (Å²) in [6.45, 7) is -5.33. The highest BCUT2D eigenvalue weighted by Crippen LogP contribution is 2.11. The fraction of sp³-hybridized carbons (Fsp3) is 0.333. The highest BCUT2D eigenvalue weighted by atomic mass is 15.3. The molecule has 0 radical (unpaired) electrons. The molecule has 0 amide bonds. The highest BCUT2D eigenvalue weighted by molar-refractivity contribution is 5.15. The standard InChI is InChI=1S/C18H22N2/c1-3-7-17(8-4-1)15-19-11-13-20(14-12-19)16-18-9-5-2-6-10-18/h1-10H,11-16H2/i1D,2D,3D,4D,5D,6D,7D,8D,9D,10D,15D2,16D2. The van der Waals surface area contributed by atoms with Crippen molar-refractivity contribution in [3.05, 3.63) is 71.6 Å². The van der Waals surface area contributed by atoms with Crippen molar-refractivity contribution in [2.24, 2.45) is 0 Å². The monoisotopic (exact) mass is 280 g/mol. The molecule has 2 aromatic carbocycles. The number of rotatable bonds is 4. The lowest BCUT2D eigenvalue weighted by Crippen LogP contribution is -2.45. The van der Waals surface area contributed by atoms with E-state index in [1.807, 2.05) is 0 Å². The van der Waals surface area contributed by atoms with Gasteiger partial charge < -0.3 is 0 Å². The van der Waals surface area contributed by atoms with E-state index in [9.17, 15) is 0 Å². The Morgan fingerprint density at radius 3 is 1.40 bits per heavy atom. The number of nitrogens with zero attached hydrogens (tertiary/aromatic N) is 2. The average molecular weight is 280 g/mol. The van der Waals surface area contributed by atoms with Crippen molar-refractivity contribution in [1.82, 2.24) is 9.80 Å². The van der Waals surface area contributed by atoms with Crippen LogP contribution in [0, 0.1) is 0 Å². The minimum Gasteiger partial charge on any atom is -0.297 e. The molecular weight excluding hydrogens is 244 g/mol. The van der Waals surface area contributed by atoms with Gasteiger partial charge in [0, 0.05) is 44.7 Å². The first kappa shape index (κ1) is 4.69. The van der Waals surface area contributed by atoms with Crippen LogP contribution in [0.15, 0.2) is 60.4 Å². The summed E-state index contributed by atoms with van der Waals surface area (Å²) in [5.41, 5.74) is -1.03. The molecule has 1 fully saturated rings. The van der Waals surface area contributed by atoms with Crippen molar-refractivity contribution < 1.29 is 19.2 Å². The van der Waals surface area contributed by atoms with Gasteiger partial charge in [0.1, 0.15) is 0 Å². The van der Waals surface area contributed by atoms with E-state index in [0.29, 0.717) is 0 Å². The molecule has 20 heavy (non-hydrogen) atoms. The zero-order valence-corrected chi connectivity index (χ0v) is 10.7. The quantitative estimate of drug-likeness (QED) is 0.849. The Morgan fingerprint density at radius 1 is 0.700 bits per heavy atom. The van der Waals surface area contributed by atoms with Gasteiger partial charge in [-0.2, -0.15) is 0 Å². The van der Waals surface area contributed by atoms with E-state index in [-0.39, 0.29) is 26.2 Å². The Kier molecular flexibility index (Phi) is 1.57. The number of piperazine rings is 1. The Bertz CT molecular complexity index is 993. The first-order valence-electron chi connectivity index (χ1n) is 13.2. The number of hydrogen-bond acceptors (Lipinski definition) is 2. The molecule has 0 atom stereocenters. The predicted octanol–water partition coefficient (Wildman–Crippen LogP) is 3.00. The van der Waals surface area contributed by atoms with Crippen LogP contribution in [0.4, 0.5) is 0 Å². The molecular formula is C18H22N2. The zero-order chi connectivity index (χ0) is 25.9. The number of hydrogen-bond donors (Lipinski definition) is 0. The van der Waals surface area contributed by atoms with Gasteiger partial charge in [0.25, 0.3) is 0 Å². The molecule has 1 heterocycles. The topological polar surface area (TPSA) is 6.48 Å². The lowest BCUT2D eigenvalue weighted by molar-refractivity contribution is 0.122. The highest BCUT2D eigenvalue weighted by Gasteiger charge is 2.16. The first-order chi connectivity index (χ1) is 15.6. The second-order valence-electron chi connectivity index (χ2n) is 4.20. The van der Waals surface area contributed by atoms with E-state index < -0.39 is 84.5 Å². The second-order valence-corrected chi connectivity index (χ2v) is 4.20. The summed E-state index contributed by atoms with van der Waals surface area (Å²) in [5, 5.41) is 0. The summed E-state index contributed by atoms with van der Waals surface area (Å²) >= 11 is 0. The van der Waals surface area contributed by atoms with Crippen molar-refractivity contribution in [3.8, 4) is 0 Å². The molecule has 1 aliphatic heterocycles. The van der Waals surface area contributed by atoms with E-state index in [2.05, 4.69) is 0 Å². The van der Waals surface area contributed by atoms with Gasteiger partial charge in [-0.15, -0.1) is 0 Å². The summed E-state index contributed by atoms with van der Waals surface area (Å²) in [7, 11) is 0. The molecule has 0 bridgehead atoms. The molecule has 0 aliphatic carbocycles. The fourth-order valence-corrected chi connectivity index (χ4v) is 1.86. The molecule has 104 valence electrons. The minimum atomic E-state index is -2.46. The lowest BCUT2D eigenvalue weighted by Gasteiger charge is -2.34. The molecule has 3 rings (SSSR count). The molecule has 0 aromatic heterocycles. The van der Waals surface area contributed by atoms with Crippen molar-refractivity contribution >= 4 is 0 Å². The molecule has 0 saturated carbocycles. The largest absolute Gasteiger partial charge is 0.297 e. The number of benzene rings is 2. The average Bonchev–Trinajstić information content (AvgIpc) is 2.78. The molecule has 0 unspecified atom stereocenters. The summed E-state index contributed by atoms with van der Waals surface area (Å²) in [6.07, 6.45) is 0. The van der Waals surface area contributed by atoms with Gasteiger partial charge in [-0.05, 0) is 11.1 Å². The van der Waals surface area contributed by atoms with E-state index >= 15 is 0 Å². The minimum absolute atomic E-state index is 0.104. The predicted molar refractivity (Wildman–Crippen MR) is 83.4 cm³/mol. The van der Waals surface area contributed by atoms with Gasteiger partial charge in [0.15, 0.2) is 0 Å². The second kappa shape index (κ2) is 6.69. The van der Waals surface area contributed by atoms with Crippen LogP contribution in [0.3, 0.4) is 0 Å². The third-order valence-electron chi connectivity index (χ3n) is 2.82. The van der Waals surface area contributed by atoms with Crippen molar-refractivity contribution in [2.45, 2.75) is 13.0 Å². The maximum atomic E-state index is 8.52. The van der Waals surface area contributed by atoms with Gasteiger partial charge >= 0.3 is 0 Å². The van der Waals surface area contributed by atoms with Crippen LogP contribution < -0.4 is 0 Å². The van der Waals surface area contributed by atoms with Crippen LogP contribution in [0.1, 0.15) is 30.3 Å². The Hall–Kier alpha value is -1.64. The van der Waals surface area contributed by atoms with E-state index in [1.165, 1.54) is 9.80 Å². The summed E-state index contributed by atoms with van der Waals surface area (Å²) < 4.78 is 113. The molecule has 2 nitrogen and oxygen atoms in total. The molecule has 1 aliphatic rings. The SMILES string of the molecule is [2H]c1c([2H])c([2H])c(C([2H])([2H])N2CCN(C([2H])([2H])c3c([2H])c([2H])c([2H])c([2H])c3[2H])CC2)c([2H])c1[2H]. The smallest absolute Gasteiger partial charge is 0.0626 e. The normalized spacial score (nSPS) is 28.6. The molecule has 0 N–H and O–H groups in total. The Morgan fingerprint density at radius 2 is 1.05 bits per heavy atom. The van der Waals surface area contributed by atoms with Crippen LogP contribution in [0.2, 0.25) is 0 Å². The summed E-state index contributed by atoms with van der Waals surface area (Å²) in [6, 6.07) is -6.53. The van der Waals surface area contributed by atoms with E-state index in [0.717, 1.165) is 0 Å². The van der Waals surface area contributed by atoms with Gasteiger partial charge in [0.05, 0.1) is 13.7 Å².